The van der Waals surface area contributed by atoms with E-state index in [4.69, 9.17) is 9.84 Å². The normalized spacial score (nSPS) is 14.3. The summed E-state index contributed by atoms with van der Waals surface area (Å²) in [5, 5.41) is 8.57. The fraction of sp³-hybridized carbons (Fsp3) is 0.417. The van der Waals surface area contributed by atoms with Gasteiger partial charge < -0.3 is 9.84 Å². The van der Waals surface area contributed by atoms with Crippen molar-refractivity contribution in [1.82, 2.24) is 0 Å². The third-order valence-electron chi connectivity index (χ3n) is 2.47. The lowest BCUT2D eigenvalue weighted by atomic mass is 10.1. The van der Waals surface area contributed by atoms with Crippen LogP contribution < -0.4 is 0 Å². The van der Waals surface area contributed by atoms with Crippen molar-refractivity contribution in [3.63, 3.8) is 0 Å². The largest absolute Gasteiger partial charge is 0.460 e. The number of rotatable bonds is 3. The summed E-state index contributed by atoms with van der Waals surface area (Å²) in [5.41, 5.74) is 1.81. The number of carbonyl (C=O) groups is 1. The molecule has 1 aromatic rings. The van der Waals surface area contributed by atoms with E-state index >= 15 is 0 Å². The number of hydrogen-bond donors (Lipinski definition) is 1. The van der Waals surface area contributed by atoms with Gasteiger partial charge in [-0.2, -0.15) is 0 Å². The lowest BCUT2D eigenvalue weighted by Crippen LogP contribution is -2.10. The Hall–Kier alpha value is -1.00. The van der Waals surface area contributed by atoms with Gasteiger partial charge in [0.25, 0.3) is 0 Å². The van der Waals surface area contributed by atoms with E-state index in [1.54, 1.807) is 6.07 Å². The Morgan fingerprint density at radius 2 is 2.38 bits per heavy atom. The number of aliphatic hydroxyl groups is 1. The number of benzene rings is 1. The predicted octanol–water partition coefficient (Wildman–Crippen LogP) is 1.87. The van der Waals surface area contributed by atoms with Crippen LogP contribution in [0.25, 0.3) is 0 Å². The van der Waals surface area contributed by atoms with E-state index in [9.17, 15) is 4.79 Å². The molecule has 0 saturated carbocycles. The van der Waals surface area contributed by atoms with Gasteiger partial charge in [0.2, 0.25) is 0 Å². The first-order valence-corrected chi connectivity index (χ1v) is 6.33. The Morgan fingerprint density at radius 3 is 3.19 bits per heavy atom. The van der Waals surface area contributed by atoms with Gasteiger partial charge in [-0.05, 0) is 42.4 Å². The Labute approximate surface area is 98.8 Å². The van der Waals surface area contributed by atoms with E-state index in [0.29, 0.717) is 5.56 Å². The van der Waals surface area contributed by atoms with Crippen LogP contribution >= 0.6 is 11.8 Å². The van der Waals surface area contributed by atoms with Crippen LogP contribution in [0, 0.1) is 0 Å². The molecule has 1 heterocycles. The van der Waals surface area contributed by atoms with Crippen LogP contribution in [0.4, 0.5) is 0 Å². The van der Waals surface area contributed by atoms with Crippen molar-refractivity contribution in [1.29, 1.82) is 0 Å². The van der Waals surface area contributed by atoms with Crippen LogP contribution in [0.3, 0.4) is 0 Å². The van der Waals surface area contributed by atoms with Gasteiger partial charge in [-0.1, -0.05) is 0 Å². The molecular weight excluding hydrogens is 224 g/mol. The molecule has 0 saturated heterocycles. The first-order chi connectivity index (χ1) is 7.81. The molecule has 86 valence electrons. The van der Waals surface area contributed by atoms with Crippen LogP contribution in [0.5, 0.6) is 0 Å². The highest BCUT2D eigenvalue weighted by Gasteiger charge is 2.13. The average molecular weight is 238 g/mol. The maximum atomic E-state index is 11.5. The standard InChI is InChI=1S/C12H14O3S/c13-5-6-15-12(14)10-3-4-11-9(8-10)2-1-7-16-11/h3-4,8,13H,1-2,5-7H2. The topological polar surface area (TPSA) is 46.5 Å². The van der Waals surface area contributed by atoms with Crippen molar-refractivity contribution in [3.05, 3.63) is 29.3 Å². The van der Waals surface area contributed by atoms with Gasteiger partial charge in [-0.3, -0.25) is 0 Å². The van der Waals surface area contributed by atoms with E-state index in [0.717, 1.165) is 18.6 Å². The van der Waals surface area contributed by atoms with Crippen LogP contribution in [-0.4, -0.2) is 30.0 Å². The Morgan fingerprint density at radius 1 is 1.50 bits per heavy atom. The summed E-state index contributed by atoms with van der Waals surface area (Å²) in [7, 11) is 0. The fourth-order valence-corrected chi connectivity index (χ4v) is 2.73. The van der Waals surface area contributed by atoms with Crippen LogP contribution in [0.1, 0.15) is 22.3 Å². The molecule has 0 aromatic heterocycles. The molecule has 0 spiro atoms. The van der Waals surface area contributed by atoms with Gasteiger partial charge in [-0.25, -0.2) is 4.79 Å². The number of aliphatic hydroxyl groups excluding tert-OH is 1. The summed E-state index contributed by atoms with van der Waals surface area (Å²) < 4.78 is 4.87. The second kappa shape index (κ2) is 5.37. The highest BCUT2D eigenvalue weighted by atomic mass is 32.2. The van der Waals surface area contributed by atoms with Crippen LogP contribution in [0.15, 0.2) is 23.1 Å². The number of ether oxygens (including phenoxy) is 1. The minimum Gasteiger partial charge on any atom is -0.460 e. The summed E-state index contributed by atoms with van der Waals surface area (Å²) in [4.78, 5) is 12.8. The van der Waals surface area contributed by atoms with Crippen molar-refractivity contribution in [3.8, 4) is 0 Å². The van der Waals surface area contributed by atoms with E-state index in [2.05, 4.69) is 0 Å². The quantitative estimate of drug-likeness (QED) is 0.817. The molecule has 1 aromatic carbocycles. The molecule has 0 bridgehead atoms. The Bertz CT molecular complexity index is 390. The van der Waals surface area contributed by atoms with Crippen molar-refractivity contribution < 1.29 is 14.6 Å². The van der Waals surface area contributed by atoms with E-state index in [1.165, 1.54) is 10.5 Å². The maximum absolute atomic E-state index is 11.5. The minimum atomic E-state index is -0.354. The summed E-state index contributed by atoms with van der Waals surface area (Å²) in [6.07, 6.45) is 2.19. The van der Waals surface area contributed by atoms with Crippen LogP contribution in [0.2, 0.25) is 0 Å². The Balaban J connectivity index is 2.13. The molecular formula is C12H14O3S. The third kappa shape index (κ3) is 2.57. The molecule has 4 heteroatoms. The Kier molecular flexibility index (Phi) is 3.85. The highest BCUT2D eigenvalue weighted by Crippen LogP contribution is 2.30. The molecule has 3 nitrogen and oxygen atoms in total. The monoisotopic (exact) mass is 238 g/mol. The van der Waals surface area contributed by atoms with Crippen molar-refractivity contribution in [2.24, 2.45) is 0 Å². The lowest BCUT2D eigenvalue weighted by Gasteiger charge is -2.15. The molecule has 1 aliphatic rings. The van der Waals surface area contributed by atoms with Crippen molar-refractivity contribution in [2.75, 3.05) is 19.0 Å². The summed E-state index contributed by atoms with van der Waals surface area (Å²) in [6, 6.07) is 5.67. The first-order valence-electron chi connectivity index (χ1n) is 5.35. The SMILES string of the molecule is O=C(OCCO)c1ccc2c(c1)CCCS2. The molecule has 0 amide bonds. The number of fused-ring (bicyclic) bond motifs is 1. The smallest absolute Gasteiger partial charge is 0.338 e. The molecule has 0 radical (unpaired) electrons. The van der Waals surface area contributed by atoms with E-state index in [-0.39, 0.29) is 19.2 Å². The zero-order chi connectivity index (χ0) is 11.4. The lowest BCUT2D eigenvalue weighted by molar-refractivity contribution is 0.0433. The first kappa shape index (κ1) is 11.5. The number of thioether (sulfide) groups is 1. The molecule has 1 aliphatic heterocycles. The molecule has 1 N–H and O–H groups in total. The third-order valence-corrected chi connectivity index (χ3v) is 3.67. The zero-order valence-corrected chi connectivity index (χ0v) is 9.76. The number of esters is 1. The molecule has 0 aliphatic carbocycles. The van der Waals surface area contributed by atoms with Gasteiger partial charge in [-0.15, -0.1) is 11.8 Å². The average Bonchev–Trinajstić information content (AvgIpc) is 2.35. The van der Waals surface area contributed by atoms with E-state index < -0.39 is 0 Å². The second-order valence-electron chi connectivity index (χ2n) is 3.63. The highest BCUT2D eigenvalue weighted by molar-refractivity contribution is 7.99. The number of carbonyl (C=O) groups excluding carboxylic acids is 1. The molecule has 0 unspecified atom stereocenters. The fourth-order valence-electron chi connectivity index (χ4n) is 1.71. The molecule has 0 fully saturated rings. The molecule has 0 atom stereocenters. The van der Waals surface area contributed by atoms with Gasteiger partial charge in [0.05, 0.1) is 12.2 Å². The second-order valence-corrected chi connectivity index (χ2v) is 4.77. The van der Waals surface area contributed by atoms with Crippen molar-refractivity contribution in [2.45, 2.75) is 17.7 Å². The van der Waals surface area contributed by atoms with Gasteiger partial charge in [0.1, 0.15) is 6.61 Å². The van der Waals surface area contributed by atoms with Crippen LogP contribution in [-0.2, 0) is 11.2 Å². The molecule has 16 heavy (non-hydrogen) atoms. The van der Waals surface area contributed by atoms with Gasteiger partial charge >= 0.3 is 5.97 Å². The number of hydrogen-bond acceptors (Lipinski definition) is 4. The zero-order valence-electron chi connectivity index (χ0n) is 8.94. The summed E-state index contributed by atoms with van der Waals surface area (Å²) in [6.45, 7) is -0.0722. The maximum Gasteiger partial charge on any atom is 0.338 e. The number of aryl methyl sites for hydroxylation is 1. The van der Waals surface area contributed by atoms with Crippen molar-refractivity contribution >= 4 is 17.7 Å². The molecule has 2 rings (SSSR count). The predicted molar refractivity (Wildman–Crippen MR) is 62.9 cm³/mol. The minimum absolute atomic E-state index is 0.0602. The summed E-state index contributed by atoms with van der Waals surface area (Å²) in [5.74, 6) is 0.800. The summed E-state index contributed by atoms with van der Waals surface area (Å²) >= 11 is 1.83. The van der Waals surface area contributed by atoms with E-state index in [1.807, 2.05) is 23.9 Å². The van der Waals surface area contributed by atoms with Gasteiger partial charge in [0.15, 0.2) is 0 Å². The van der Waals surface area contributed by atoms with Gasteiger partial charge in [0, 0.05) is 4.90 Å².